The van der Waals surface area contributed by atoms with Crippen LogP contribution >= 0.6 is 11.8 Å². The van der Waals surface area contributed by atoms with Gasteiger partial charge in [0.2, 0.25) is 17.7 Å². The van der Waals surface area contributed by atoms with Gasteiger partial charge in [0, 0.05) is 18.3 Å². The molecule has 7 nitrogen and oxygen atoms in total. The predicted molar refractivity (Wildman–Crippen MR) is 133 cm³/mol. The number of hydrogen-bond donors (Lipinski definition) is 3. The van der Waals surface area contributed by atoms with Crippen molar-refractivity contribution in [3.05, 3.63) is 35.9 Å². The van der Waals surface area contributed by atoms with Crippen LogP contribution in [0.1, 0.15) is 52.0 Å². The lowest BCUT2D eigenvalue weighted by atomic mass is 9.70. The van der Waals surface area contributed by atoms with Gasteiger partial charge in [-0.3, -0.25) is 14.4 Å². The molecule has 2 bridgehead atoms. The van der Waals surface area contributed by atoms with E-state index in [2.05, 4.69) is 10.6 Å². The summed E-state index contributed by atoms with van der Waals surface area (Å²) in [4.78, 5) is 42.6. The van der Waals surface area contributed by atoms with Crippen molar-refractivity contribution in [2.45, 2.75) is 75.1 Å². The van der Waals surface area contributed by atoms with Gasteiger partial charge in [-0.05, 0) is 30.7 Å². The summed E-state index contributed by atoms with van der Waals surface area (Å²) in [5.74, 6) is -1.34. The zero-order valence-electron chi connectivity index (χ0n) is 20.3. The first kappa shape index (κ1) is 25.0. The molecule has 2 unspecified atom stereocenters. The van der Waals surface area contributed by atoms with Gasteiger partial charge in [-0.2, -0.15) is 0 Å². The highest BCUT2D eigenvalue weighted by atomic mass is 32.2. The van der Waals surface area contributed by atoms with Crippen LogP contribution in [-0.4, -0.2) is 63.0 Å². The van der Waals surface area contributed by atoms with Crippen LogP contribution in [0.15, 0.2) is 30.3 Å². The molecular weight excluding hydrogens is 450 g/mol. The lowest BCUT2D eigenvalue weighted by Crippen LogP contribution is -2.57. The van der Waals surface area contributed by atoms with Crippen molar-refractivity contribution in [3.8, 4) is 0 Å². The third-order valence-corrected chi connectivity index (χ3v) is 9.94. The Labute approximate surface area is 206 Å². The standard InChI is InChI=1S/C26H37N3O4S/c1-4-13-27-23(31)20-19-11-12-26(34-19)21(20)25(33)29(18(15-30)16(3)5-2)22(26)24(32)28-14-17-9-7-6-8-10-17/h6-10,16,18-22,30H,4-5,11-15H2,1-3H3,(H,27,31)(H,28,32)/t16-,18-,19-,20+,21-,22?,26?/m0/s1. The van der Waals surface area contributed by atoms with Gasteiger partial charge in [0.1, 0.15) is 6.04 Å². The SMILES string of the molecule is CCCNC(=O)[C@@H]1[C@@H]2CCC3(S2)C(C(=O)NCc2ccccc2)N([C@@H](CO)[C@@H](C)CC)C(=O)[C@H]13. The summed E-state index contributed by atoms with van der Waals surface area (Å²) in [6.45, 7) is 6.80. The topological polar surface area (TPSA) is 98.7 Å². The van der Waals surface area contributed by atoms with Crippen molar-refractivity contribution in [2.75, 3.05) is 13.2 Å². The number of amides is 3. The van der Waals surface area contributed by atoms with Crippen LogP contribution in [0, 0.1) is 17.8 Å². The second kappa shape index (κ2) is 10.3. The van der Waals surface area contributed by atoms with Gasteiger partial charge in [-0.1, -0.05) is 57.5 Å². The monoisotopic (exact) mass is 487 g/mol. The third kappa shape index (κ3) is 4.13. The van der Waals surface area contributed by atoms with E-state index in [-0.39, 0.29) is 35.5 Å². The van der Waals surface area contributed by atoms with Gasteiger partial charge in [0.25, 0.3) is 0 Å². The molecule has 3 amide bonds. The molecule has 0 saturated carbocycles. The van der Waals surface area contributed by atoms with Gasteiger partial charge < -0.3 is 20.6 Å². The van der Waals surface area contributed by atoms with E-state index in [0.29, 0.717) is 13.1 Å². The number of carbonyl (C=O) groups excluding carboxylic acids is 3. The molecule has 4 rings (SSSR count). The van der Waals surface area contributed by atoms with Crippen LogP contribution in [0.5, 0.6) is 0 Å². The van der Waals surface area contributed by atoms with Crippen molar-refractivity contribution in [1.29, 1.82) is 0 Å². The summed E-state index contributed by atoms with van der Waals surface area (Å²) < 4.78 is -0.627. The molecule has 7 atom stereocenters. The van der Waals surface area contributed by atoms with Gasteiger partial charge in [0.15, 0.2) is 0 Å². The van der Waals surface area contributed by atoms with E-state index in [1.54, 1.807) is 16.7 Å². The van der Waals surface area contributed by atoms with E-state index in [0.717, 1.165) is 31.2 Å². The molecule has 3 fully saturated rings. The van der Waals surface area contributed by atoms with Crippen LogP contribution in [-0.2, 0) is 20.9 Å². The van der Waals surface area contributed by atoms with Crippen molar-refractivity contribution in [1.82, 2.24) is 15.5 Å². The van der Waals surface area contributed by atoms with E-state index in [9.17, 15) is 19.5 Å². The number of aliphatic hydroxyl groups excluding tert-OH is 1. The fourth-order valence-corrected chi connectivity index (χ4v) is 8.32. The van der Waals surface area contributed by atoms with Crippen molar-refractivity contribution in [2.24, 2.45) is 17.8 Å². The summed E-state index contributed by atoms with van der Waals surface area (Å²) in [7, 11) is 0. The Morgan fingerprint density at radius 3 is 2.59 bits per heavy atom. The summed E-state index contributed by atoms with van der Waals surface area (Å²) in [6, 6.07) is 8.56. The number of likely N-dealkylation sites (tertiary alicyclic amines) is 1. The van der Waals surface area contributed by atoms with Crippen LogP contribution in [0.2, 0.25) is 0 Å². The first-order valence-electron chi connectivity index (χ1n) is 12.6. The highest BCUT2D eigenvalue weighted by molar-refractivity contribution is 8.02. The van der Waals surface area contributed by atoms with Crippen molar-refractivity contribution in [3.63, 3.8) is 0 Å². The third-order valence-electron chi connectivity index (χ3n) is 7.99. The summed E-state index contributed by atoms with van der Waals surface area (Å²) in [5, 5.41) is 16.4. The minimum Gasteiger partial charge on any atom is -0.394 e. The molecule has 3 aliphatic heterocycles. The number of benzene rings is 1. The van der Waals surface area contributed by atoms with Gasteiger partial charge >= 0.3 is 0 Å². The molecule has 3 heterocycles. The predicted octanol–water partition coefficient (Wildman–Crippen LogP) is 2.33. The van der Waals surface area contributed by atoms with Crippen molar-refractivity contribution < 1.29 is 19.5 Å². The van der Waals surface area contributed by atoms with Gasteiger partial charge in [-0.15, -0.1) is 11.8 Å². The molecule has 0 aromatic heterocycles. The van der Waals surface area contributed by atoms with E-state index >= 15 is 0 Å². The maximum atomic E-state index is 14.0. The molecule has 3 saturated heterocycles. The average Bonchev–Trinajstić information content (AvgIpc) is 3.50. The number of nitrogens with zero attached hydrogens (tertiary/aromatic N) is 1. The average molecular weight is 488 g/mol. The highest BCUT2D eigenvalue weighted by Crippen LogP contribution is 2.66. The van der Waals surface area contributed by atoms with E-state index in [4.69, 9.17) is 0 Å². The van der Waals surface area contributed by atoms with Crippen LogP contribution < -0.4 is 10.6 Å². The summed E-state index contributed by atoms with van der Waals surface area (Å²) in [6.07, 6.45) is 3.16. The zero-order valence-corrected chi connectivity index (χ0v) is 21.1. The number of fused-ring (bicyclic) bond motifs is 1. The molecule has 1 aromatic rings. The second-order valence-electron chi connectivity index (χ2n) is 9.93. The molecule has 1 spiro atoms. The number of nitrogens with one attached hydrogen (secondary N) is 2. The Morgan fingerprint density at radius 2 is 1.94 bits per heavy atom. The fraction of sp³-hybridized carbons (Fsp3) is 0.654. The van der Waals surface area contributed by atoms with Crippen LogP contribution in [0.3, 0.4) is 0 Å². The van der Waals surface area contributed by atoms with Gasteiger partial charge in [0.05, 0.1) is 29.2 Å². The minimum absolute atomic E-state index is 0.0307. The number of thioether (sulfide) groups is 1. The molecule has 3 aliphatic rings. The van der Waals surface area contributed by atoms with E-state index in [1.807, 2.05) is 51.1 Å². The Bertz CT molecular complexity index is 913. The van der Waals surface area contributed by atoms with Crippen LogP contribution in [0.25, 0.3) is 0 Å². The molecule has 1 aromatic carbocycles. The Kier molecular flexibility index (Phi) is 7.57. The fourth-order valence-electron chi connectivity index (χ4n) is 6.11. The summed E-state index contributed by atoms with van der Waals surface area (Å²) >= 11 is 1.67. The number of aliphatic hydroxyl groups is 1. The second-order valence-corrected chi connectivity index (χ2v) is 11.5. The molecule has 3 N–H and O–H groups in total. The smallest absolute Gasteiger partial charge is 0.244 e. The largest absolute Gasteiger partial charge is 0.394 e. The maximum absolute atomic E-state index is 14.0. The Hall–Kier alpha value is -2.06. The molecular formula is C26H37N3O4S. The number of carbonyl (C=O) groups is 3. The van der Waals surface area contributed by atoms with E-state index in [1.165, 1.54) is 0 Å². The van der Waals surface area contributed by atoms with E-state index < -0.39 is 28.7 Å². The zero-order chi connectivity index (χ0) is 24.5. The molecule has 34 heavy (non-hydrogen) atoms. The normalized spacial score (nSPS) is 31.3. The molecule has 0 aliphatic carbocycles. The lowest BCUT2D eigenvalue weighted by Gasteiger charge is -2.39. The van der Waals surface area contributed by atoms with Gasteiger partial charge in [-0.25, -0.2) is 0 Å². The Morgan fingerprint density at radius 1 is 1.21 bits per heavy atom. The molecule has 186 valence electrons. The first-order chi connectivity index (χ1) is 16.4. The maximum Gasteiger partial charge on any atom is 0.244 e. The number of rotatable bonds is 10. The van der Waals surface area contributed by atoms with Crippen LogP contribution in [0.4, 0.5) is 0 Å². The Balaban J connectivity index is 1.68. The highest BCUT2D eigenvalue weighted by Gasteiger charge is 2.74. The lowest BCUT2D eigenvalue weighted by molar-refractivity contribution is -0.144. The number of hydrogen-bond acceptors (Lipinski definition) is 5. The quantitative estimate of drug-likeness (QED) is 0.471. The minimum atomic E-state index is -0.696. The first-order valence-corrected chi connectivity index (χ1v) is 13.5. The van der Waals surface area contributed by atoms with Crippen molar-refractivity contribution >= 4 is 29.5 Å². The summed E-state index contributed by atoms with van der Waals surface area (Å²) in [5.41, 5.74) is 0.988. The molecule has 8 heteroatoms. The molecule has 0 radical (unpaired) electrons.